The lowest BCUT2D eigenvalue weighted by molar-refractivity contribution is -0.137. The number of aliphatic hydroxyl groups excluding tert-OH is 1. The first-order valence-electron chi connectivity index (χ1n) is 11.8. The predicted molar refractivity (Wildman–Crippen MR) is 134 cm³/mol. The first-order chi connectivity index (χ1) is 17.5. The summed E-state index contributed by atoms with van der Waals surface area (Å²) in [5.41, 5.74) is 0.197. The summed E-state index contributed by atoms with van der Waals surface area (Å²) in [4.78, 5) is 27.6. The molecule has 3 aromatic rings. The second-order valence-electron chi connectivity index (χ2n) is 9.31. The number of hydrogen-bond donors (Lipinski definition) is 1. The van der Waals surface area contributed by atoms with Gasteiger partial charge in [-0.1, -0.05) is 56.3 Å². The van der Waals surface area contributed by atoms with Gasteiger partial charge in [-0.05, 0) is 54.3 Å². The largest absolute Gasteiger partial charge is 0.507 e. The number of hydrogen-bond acceptors (Lipinski definition) is 4. The molecule has 0 aliphatic carbocycles. The fourth-order valence-electron chi connectivity index (χ4n) is 4.27. The monoisotopic (exact) mass is 509 g/mol. The molecule has 1 amide bonds. The van der Waals surface area contributed by atoms with E-state index in [1.165, 1.54) is 12.1 Å². The molecule has 1 saturated heterocycles. The van der Waals surface area contributed by atoms with Gasteiger partial charge in [-0.15, -0.1) is 0 Å². The number of anilines is 1. The summed E-state index contributed by atoms with van der Waals surface area (Å²) in [6, 6.07) is 16.5. The summed E-state index contributed by atoms with van der Waals surface area (Å²) in [6.45, 7) is 6.18. The maximum absolute atomic E-state index is 13.5. The van der Waals surface area contributed by atoms with Crippen molar-refractivity contribution in [3.63, 3.8) is 0 Å². The van der Waals surface area contributed by atoms with Crippen LogP contribution in [0.15, 0.2) is 78.4 Å². The summed E-state index contributed by atoms with van der Waals surface area (Å²) in [7, 11) is 0. The third-order valence-corrected chi connectivity index (χ3v) is 6.07. The highest BCUT2D eigenvalue weighted by Crippen LogP contribution is 2.44. The molecule has 1 N–H and O–H groups in total. The number of benzene rings is 3. The number of carbonyl (C=O) groups excluding carboxylic acids is 2. The number of alkyl halides is 3. The standard InChI is InChI=1S/C29H26F3NO4/c1-17(2)16-37-22-12-6-9-19(14-22)26(34)24-25(23-13-5-4-8-18(23)3)33(28(36)27(24)35)21-11-7-10-20(15-21)29(30,31)32/h4-15,17,25,34H,16H2,1-3H3/b26-24+. The lowest BCUT2D eigenvalue weighted by Crippen LogP contribution is -2.30. The average molecular weight is 510 g/mol. The summed E-state index contributed by atoms with van der Waals surface area (Å²) in [5, 5.41) is 11.3. The van der Waals surface area contributed by atoms with Gasteiger partial charge in [-0.2, -0.15) is 13.2 Å². The molecule has 1 aliphatic rings. The Balaban J connectivity index is 1.90. The molecule has 37 heavy (non-hydrogen) atoms. The third-order valence-electron chi connectivity index (χ3n) is 6.07. The van der Waals surface area contributed by atoms with Gasteiger partial charge in [-0.25, -0.2) is 0 Å². The zero-order valence-electron chi connectivity index (χ0n) is 20.5. The molecule has 5 nitrogen and oxygen atoms in total. The van der Waals surface area contributed by atoms with Gasteiger partial charge in [0.1, 0.15) is 11.5 Å². The summed E-state index contributed by atoms with van der Waals surface area (Å²) >= 11 is 0. The number of ketones is 1. The number of aryl methyl sites for hydroxylation is 1. The molecule has 1 atom stereocenters. The maximum atomic E-state index is 13.5. The Morgan fingerprint density at radius 2 is 1.70 bits per heavy atom. The van der Waals surface area contributed by atoms with Crippen molar-refractivity contribution >= 4 is 23.1 Å². The van der Waals surface area contributed by atoms with Crippen molar-refractivity contribution in [2.24, 2.45) is 5.92 Å². The van der Waals surface area contributed by atoms with Crippen LogP contribution in [-0.4, -0.2) is 23.4 Å². The van der Waals surface area contributed by atoms with E-state index in [0.29, 0.717) is 23.5 Å². The number of nitrogens with zero attached hydrogens (tertiary/aromatic N) is 1. The highest BCUT2D eigenvalue weighted by Gasteiger charge is 2.47. The zero-order chi connectivity index (χ0) is 26.9. The predicted octanol–water partition coefficient (Wildman–Crippen LogP) is 6.67. The molecule has 4 rings (SSSR count). The van der Waals surface area contributed by atoms with Crippen LogP contribution in [0.25, 0.3) is 5.76 Å². The SMILES string of the molecule is Cc1ccccc1C1/C(=C(\O)c2cccc(OCC(C)C)c2)C(=O)C(=O)N1c1cccc(C(F)(F)F)c1. The van der Waals surface area contributed by atoms with E-state index in [2.05, 4.69) is 0 Å². The Bertz CT molecular complexity index is 1380. The number of halogens is 3. The highest BCUT2D eigenvalue weighted by atomic mass is 19.4. The highest BCUT2D eigenvalue weighted by molar-refractivity contribution is 6.51. The van der Waals surface area contributed by atoms with E-state index in [9.17, 15) is 27.9 Å². The minimum Gasteiger partial charge on any atom is -0.507 e. The third kappa shape index (κ3) is 5.23. The molecule has 8 heteroatoms. The van der Waals surface area contributed by atoms with Crippen LogP contribution in [0.2, 0.25) is 0 Å². The van der Waals surface area contributed by atoms with Gasteiger partial charge in [0.05, 0.1) is 23.8 Å². The molecule has 1 aliphatic heterocycles. The number of carbonyl (C=O) groups is 2. The van der Waals surface area contributed by atoms with E-state index in [4.69, 9.17) is 4.74 Å². The molecule has 192 valence electrons. The second-order valence-corrected chi connectivity index (χ2v) is 9.31. The van der Waals surface area contributed by atoms with Crippen molar-refractivity contribution < 1.29 is 32.6 Å². The Morgan fingerprint density at radius 3 is 2.38 bits per heavy atom. The molecule has 1 fully saturated rings. The molecule has 0 radical (unpaired) electrons. The molecular formula is C29H26F3NO4. The molecule has 1 heterocycles. The quantitative estimate of drug-likeness (QED) is 0.229. The minimum absolute atomic E-state index is 0.0988. The molecule has 0 aromatic heterocycles. The van der Waals surface area contributed by atoms with Crippen molar-refractivity contribution in [2.75, 3.05) is 11.5 Å². The van der Waals surface area contributed by atoms with Crippen molar-refractivity contribution in [2.45, 2.75) is 33.0 Å². The number of ether oxygens (including phenoxy) is 1. The van der Waals surface area contributed by atoms with Crippen LogP contribution in [0.4, 0.5) is 18.9 Å². The minimum atomic E-state index is -4.64. The van der Waals surface area contributed by atoms with Crippen LogP contribution in [0, 0.1) is 12.8 Å². The Labute approximate surface area is 212 Å². The van der Waals surface area contributed by atoms with Gasteiger partial charge < -0.3 is 9.84 Å². The number of Topliss-reactive ketones (excluding diaryl/α,β-unsaturated/α-hetero) is 1. The Morgan fingerprint density at radius 1 is 1.00 bits per heavy atom. The number of amides is 1. The maximum Gasteiger partial charge on any atom is 0.416 e. The van der Waals surface area contributed by atoms with E-state index in [0.717, 1.165) is 17.0 Å². The molecule has 0 spiro atoms. The van der Waals surface area contributed by atoms with Crippen LogP contribution in [0.1, 0.15) is 42.1 Å². The fraction of sp³-hybridized carbons (Fsp3) is 0.241. The topological polar surface area (TPSA) is 66.8 Å². The smallest absolute Gasteiger partial charge is 0.416 e. The van der Waals surface area contributed by atoms with Crippen LogP contribution in [0.5, 0.6) is 5.75 Å². The zero-order valence-corrected chi connectivity index (χ0v) is 20.5. The van der Waals surface area contributed by atoms with Crippen molar-refractivity contribution in [1.82, 2.24) is 0 Å². The van der Waals surface area contributed by atoms with Gasteiger partial charge in [-0.3, -0.25) is 14.5 Å². The van der Waals surface area contributed by atoms with E-state index in [1.807, 2.05) is 13.8 Å². The normalized spacial score (nSPS) is 17.5. The van der Waals surface area contributed by atoms with Crippen LogP contribution in [-0.2, 0) is 15.8 Å². The Kier molecular flexibility index (Phi) is 7.12. The molecule has 0 saturated carbocycles. The van der Waals surface area contributed by atoms with E-state index >= 15 is 0 Å². The first-order valence-corrected chi connectivity index (χ1v) is 11.8. The van der Waals surface area contributed by atoms with E-state index in [1.54, 1.807) is 55.5 Å². The average Bonchev–Trinajstić information content (AvgIpc) is 3.12. The Hall–Kier alpha value is -4.07. The molecule has 1 unspecified atom stereocenters. The molecule has 0 bridgehead atoms. The van der Waals surface area contributed by atoms with E-state index < -0.39 is 35.2 Å². The van der Waals surface area contributed by atoms with Gasteiger partial charge in [0.15, 0.2) is 0 Å². The van der Waals surface area contributed by atoms with Gasteiger partial charge in [0.2, 0.25) is 0 Å². The van der Waals surface area contributed by atoms with Crippen LogP contribution < -0.4 is 9.64 Å². The number of rotatable bonds is 6. The van der Waals surface area contributed by atoms with Gasteiger partial charge in [0, 0.05) is 11.3 Å². The summed E-state index contributed by atoms with van der Waals surface area (Å²) in [6.07, 6.45) is -4.64. The van der Waals surface area contributed by atoms with Crippen molar-refractivity contribution in [3.8, 4) is 5.75 Å². The fourth-order valence-corrected chi connectivity index (χ4v) is 4.27. The van der Waals surface area contributed by atoms with Crippen molar-refractivity contribution in [3.05, 3.63) is 101 Å². The number of aliphatic hydroxyl groups is 1. The summed E-state index contributed by atoms with van der Waals surface area (Å²) < 4.78 is 46.1. The first kappa shape index (κ1) is 26.0. The molecule has 3 aromatic carbocycles. The van der Waals surface area contributed by atoms with Crippen LogP contribution >= 0.6 is 0 Å². The lowest BCUT2D eigenvalue weighted by atomic mass is 9.92. The summed E-state index contributed by atoms with van der Waals surface area (Å²) in [5.74, 6) is -1.72. The van der Waals surface area contributed by atoms with Crippen LogP contribution in [0.3, 0.4) is 0 Å². The van der Waals surface area contributed by atoms with Gasteiger partial charge >= 0.3 is 6.18 Å². The van der Waals surface area contributed by atoms with E-state index in [-0.39, 0.29) is 22.7 Å². The molecular weight excluding hydrogens is 483 g/mol. The second kappa shape index (κ2) is 10.1. The van der Waals surface area contributed by atoms with Crippen molar-refractivity contribution in [1.29, 1.82) is 0 Å². The lowest BCUT2D eigenvalue weighted by Gasteiger charge is -2.27. The van der Waals surface area contributed by atoms with Gasteiger partial charge in [0.25, 0.3) is 11.7 Å².